The number of fused-ring (bicyclic) bond motifs is 2. The van der Waals surface area contributed by atoms with Crippen LogP contribution in [0.25, 0.3) is 11.1 Å². The maximum atomic E-state index is 13.3. The molecule has 0 bridgehead atoms. The molecule has 0 spiro atoms. The van der Waals surface area contributed by atoms with Gasteiger partial charge in [0.25, 0.3) is 0 Å². The van der Waals surface area contributed by atoms with Gasteiger partial charge in [0.1, 0.15) is 11.9 Å². The molecule has 2 unspecified atom stereocenters. The number of carboxylic acid groups (broad SMARTS) is 1. The Morgan fingerprint density at radius 3 is 2.53 bits per heavy atom. The third-order valence-corrected chi connectivity index (χ3v) is 9.34. The van der Waals surface area contributed by atoms with Crippen molar-refractivity contribution in [2.24, 2.45) is 0 Å². The molecule has 0 saturated heterocycles. The molecule has 2 atom stereocenters. The third-order valence-electron chi connectivity index (χ3n) is 7.00. The Hall–Kier alpha value is -2.45. The van der Waals surface area contributed by atoms with Gasteiger partial charge in [-0.2, -0.15) is 13.2 Å². The van der Waals surface area contributed by atoms with Crippen molar-refractivity contribution in [3.8, 4) is 16.9 Å². The van der Waals surface area contributed by atoms with Crippen LogP contribution >= 0.6 is 27.7 Å². The molecule has 5 rings (SSSR count). The summed E-state index contributed by atoms with van der Waals surface area (Å²) in [6.07, 6.45) is -2.91. The molecule has 8 heteroatoms. The van der Waals surface area contributed by atoms with Gasteiger partial charge in [-0.05, 0) is 99.8 Å². The maximum Gasteiger partial charge on any atom is 0.416 e. The zero-order chi connectivity index (χ0) is 25.8. The second-order valence-corrected chi connectivity index (χ2v) is 11.2. The normalized spacial score (nSPS) is 18.7. The van der Waals surface area contributed by atoms with Crippen LogP contribution in [-0.4, -0.2) is 16.8 Å². The Morgan fingerprint density at radius 1 is 1.14 bits per heavy atom. The first-order valence-electron chi connectivity index (χ1n) is 11.7. The van der Waals surface area contributed by atoms with E-state index in [1.807, 2.05) is 30.3 Å². The van der Waals surface area contributed by atoms with Gasteiger partial charge in [0.15, 0.2) is 0 Å². The first-order valence-corrected chi connectivity index (χ1v) is 13.5. The number of hydrogen-bond acceptors (Lipinski definition) is 3. The number of thioether (sulfide) groups is 1. The number of aliphatic carboxylic acids is 1. The van der Waals surface area contributed by atoms with E-state index >= 15 is 0 Å². The van der Waals surface area contributed by atoms with Crippen LogP contribution in [-0.2, 0) is 17.4 Å². The van der Waals surface area contributed by atoms with Crippen LogP contribution in [0, 0.1) is 13.8 Å². The highest BCUT2D eigenvalue weighted by atomic mass is 79.9. The summed E-state index contributed by atoms with van der Waals surface area (Å²) in [6.45, 7) is 3.47. The molecule has 3 aromatic carbocycles. The average molecular weight is 577 g/mol. The molecule has 3 aromatic rings. The van der Waals surface area contributed by atoms with Crippen molar-refractivity contribution in [1.82, 2.24) is 0 Å². The highest BCUT2D eigenvalue weighted by molar-refractivity contribution is 9.10. The van der Waals surface area contributed by atoms with E-state index in [1.54, 1.807) is 25.6 Å². The summed E-state index contributed by atoms with van der Waals surface area (Å²) in [4.78, 5) is 12.2. The first-order chi connectivity index (χ1) is 17.0. The van der Waals surface area contributed by atoms with Crippen LogP contribution in [0.15, 0.2) is 51.8 Å². The minimum Gasteiger partial charge on any atom is -0.484 e. The number of benzene rings is 3. The quantitative estimate of drug-likeness (QED) is 0.331. The van der Waals surface area contributed by atoms with Crippen LogP contribution in [0.2, 0.25) is 0 Å². The van der Waals surface area contributed by atoms with E-state index in [0.29, 0.717) is 16.9 Å². The number of hydrogen-bond donors (Lipinski definition) is 1. The Morgan fingerprint density at radius 2 is 1.86 bits per heavy atom. The Bertz CT molecular complexity index is 1350. The molecule has 0 radical (unpaired) electrons. The number of ether oxygens (including phenoxy) is 1. The molecule has 0 saturated carbocycles. The van der Waals surface area contributed by atoms with Crippen molar-refractivity contribution in [2.45, 2.75) is 56.2 Å². The molecule has 1 aliphatic carbocycles. The van der Waals surface area contributed by atoms with Gasteiger partial charge >= 0.3 is 12.1 Å². The monoisotopic (exact) mass is 576 g/mol. The number of carboxylic acids is 1. The van der Waals surface area contributed by atoms with Crippen LogP contribution in [0.3, 0.4) is 0 Å². The average Bonchev–Trinajstić information content (AvgIpc) is 3.39. The second kappa shape index (κ2) is 9.45. The van der Waals surface area contributed by atoms with E-state index in [4.69, 9.17) is 4.74 Å². The maximum absolute atomic E-state index is 13.3. The lowest BCUT2D eigenvalue weighted by molar-refractivity contribution is -0.138. The van der Waals surface area contributed by atoms with Gasteiger partial charge in [-0.25, -0.2) is 0 Å². The summed E-state index contributed by atoms with van der Waals surface area (Å²) in [5, 5.41) is 9.20. The topological polar surface area (TPSA) is 46.5 Å². The van der Waals surface area contributed by atoms with Crippen molar-refractivity contribution in [3.05, 3.63) is 80.3 Å². The molecule has 1 aliphatic heterocycles. The lowest BCUT2D eigenvalue weighted by Gasteiger charge is -2.20. The zero-order valence-electron chi connectivity index (χ0n) is 19.7. The fourth-order valence-corrected chi connectivity index (χ4v) is 7.54. The number of aryl methyl sites for hydroxylation is 2. The standard InChI is InChI=1S/C28H24BrF3O3S/c1-14-10-17(28(30,31)32)11-15(2)25(14)21-5-3-4-20-19(21)7-8-22(20)35-23-9-6-18-16(12-24(33)34)13-36-27(18)26(23)29/h3-6,9-11,16,22H,7-8,12-13H2,1-2H3,(H,33,34). The second-order valence-electron chi connectivity index (χ2n) is 9.40. The fourth-order valence-electron chi connectivity index (χ4n) is 5.44. The Labute approximate surface area is 220 Å². The molecule has 188 valence electrons. The molecule has 1 N–H and O–H groups in total. The highest BCUT2D eigenvalue weighted by Crippen LogP contribution is 2.50. The smallest absolute Gasteiger partial charge is 0.416 e. The van der Waals surface area contributed by atoms with Crippen molar-refractivity contribution in [2.75, 3.05) is 5.75 Å². The number of rotatable bonds is 5. The Kier molecular flexibility index (Phi) is 6.62. The summed E-state index contributed by atoms with van der Waals surface area (Å²) in [6, 6.07) is 12.3. The van der Waals surface area contributed by atoms with Crippen molar-refractivity contribution in [1.29, 1.82) is 0 Å². The summed E-state index contributed by atoms with van der Waals surface area (Å²) in [5.74, 6) is 0.618. The Balaban J connectivity index is 1.45. The van der Waals surface area contributed by atoms with E-state index in [1.165, 1.54) is 12.1 Å². The van der Waals surface area contributed by atoms with Gasteiger partial charge < -0.3 is 9.84 Å². The molecule has 0 aromatic heterocycles. The minimum atomic E-state index is -4.37. The van der Waals surface area contributed by atoms with Crippen molar-refractivity contribution < 1.29 is 27.8 Å². The minimum absolute atomic E-state index is 0.0159. The van der Waals surface area contributed by atoms with Gasteiger partial charge in [0.05, 0.1) is 16.5 Å². The third kappa shape index (κ3) is 4.54. The van der Waals surface area contributed by atoms with E-state index in [0.717, 1.165) is 55.8 Å². The largest absolute Gasteiger partial charge is 0.484 e. The molecule has 1 heterocycles. The first kappa shape index (κ1) is 25.2. The zero-order valence-corrected chi connectivity index (χ0v) is 22.1. The van der Waals surface area contributed by atoms with Crippen molar-refractivity contribution >= 4 is 33.7 Å². The lowest BCUT2D eigenvalue weighted by Crippen LogP contribution is -2.07. The van der Waals surface area contributed by atoms with E-state index in [9.17, 15) is 23.1 Å². The van der Waals surface area contributed by atoms with Gasteiger partial charge in [0, 0.05) is 16.6 Å². The van der Waals surface area contributed by atoms with Crippen LogP contribution in [0.5, 0.6) is 5.75 Å². The van der Waals surface area contributed by atoms with Gasteiger partial charge in [0.2, 0.25) is 0 Å². The molecule has 3 nitrogen and oxygen atoms in total. The van der Waals surface area contributed by atoms with Gasteiger partial charge in [-0.15, -0.1) is 11.8 Å². The SMILES string of the molecule is Cc1cc(C(F)(F)F)cc(C)c1-c1cccc2c1CCC2Oc1ccc2c(c1Br)SCC2CC(=O)O. The summed E-state index contributed by atoms with van der Waals surface area (Å²) in [5.41, 5.74) is 5.59. The fraction of sp³-hybridized carbons (Fsp3) is 0.321. The van der Waals surface area contributed by atoms with Crippen molar-refractivity contribution in [3.63, 3.8) is 0 Å². The predicted octanol–water partition coefficient (Wildman–Crippen LogP) is 8.48. The number of carbonyl (C=O) groups is 1. The van der Waals surface area contributed by atoms with Crippen LogP contribution in [0.1, 0.15) is 58.2 Å². The summed E-state index contributed by atoms with van der Waals surface area (Å²) >= 11 is 5.32. The molecule has 2 aliphatic rings. The van der Waals surface area contributed by atoms with Crippen LogP contribution in [0.4, 0.5) is 13.2 Å². The highest BCUT2D eigenvalue weighted by Gasteiger charge is 2.33. The summed E-state index contributed by atoms with van der Waals surface area (Å²) < 4.78 is 47.2. The van der Waals surface area contributed by atoms with Gasteiger partial charge in [-0.3, -0.25) is 4.79 Å². The van der Waals surface area contributed by atoms with Gasteiger partial charge in [-0.1, -0.05) is 24.3 Å². The number of halogens is 4. The molecule has 0 fully saturated rings. The molecular weight excluding hydrogens is 553 g/mol. The van der Waals surface area contributed by atoms with E-state index in [2.05, 4.69) is 15.9 Å². The predicted molar refractivity (Wildman–Crippen MR) is 138 cm³/mol. The molecular formula is C28H24BrF3O3S. The van der Waals surface area contributed by atoms with Crippen LogP contribution < -0.4 is 4.74 Å². The van der Waals surface area contributed by atoms with E-state index in [-0.39, 0.29) is 18.4 Å². The van der Waals surface area contributed by atoms with E-state index < -0.39 is 17.7 Å². The lowest BCUT2D eigenvalue weighted by atomic mass is 9.89. The molecule has 0 amide bonds. The summed E-state index contributed by atoms with van der Waals surface area (Å²) in [7, 11) is 0. The molecule has 36 heavy (non-hydrogen) atoms. The number of alkyl halides is 3.